The third-order valence-corrected chi connectivity index (χ3v) is 4.89. The molecule has 0 saturated carbocycles. The number of aliphatic hydroxyl groups excluding tert-OH is 1. The molecule has 1 aliphatic rings. The molecule has 1 rings (SSSR count). The SMILES string of the molecule is CCCCCCCCCCCCCCCC(O)=C1C(=O)OC(C)(C)OC1=O. The minimum atomic E-state index is -1.27. The van der Waals surface area contributed by atoms with Gasteiger partial charge in [-0.1, -0.05) is 84.0 Å². The lowest BCUT2D eigenvalue weighted by molar-refractivity contribution is -0.222. The Morgan fingerprint density at radius 1 is 0.741 bits per heavy atom. The van der Waals surface area contributed by atoms with Gasteiger partial charge in [-0.05, 0) is 6.42 Å². The van der Waals surface area contributed by atoms with Gasteiger partial charge in [0.1, 0.15) is 5.76 Å². The van der Waals surface area contributed by atoms with Gasteiger partial charge in [0.15, 0.2) is 5.57 Å². The molecule has 0 bridgehead atoms. The second-order valence-electron chi connectivity index (χ2n) is 7.99. The van der Waals surface area contributed by atoms with Crippen molar-refractivity contribution in [1.29, 1.82) is 0 Å². The molecular formula is C22H38O5. The first kappa shape index (κ1) is 23.5. The molecule has 0 aromatic heterocycles. The topological polar surface area (TPSA) is 72.8 Å². The van der Waals surface area contributed by atoms with Crippen molar-refractivity contribution in [3.63, 3.8) is 0 Å². The monoisotopic (exact) mass is 382 g/mol. The molecule has 1 saturated heterocycles. The highest BCUT2D eigenvalue weighted by molar-refractivity contribution is 6.15. The van der Waals surface area contributed by atoms with E-state index >= 15 is 0 Å². The number of rotatable bonds is 14. The van der Waals surface area contributed by atoms with E-state index in [4.69, 9.17) is 9.47 Å². The first-order valence-electron chi connectivity index (χ1n) is 10.8. The molecule has 0 radical (unpaired) electrons. The Morgan fingerprint density at radius 3 is 1.52 bits per heavy atom. The molecule has 1 N–H and O–H groups in total. The summed E-state index contributed by atoms with van der Waals surface area (Å²) in [6, 6.07) is 0. The molecule has 156 valence electrons. The van der Waals surface area contributed by atoms with Crippen molar-refractivity contribution in [1.82, 2.24) is 0 Å². The van der Waals surface area contributed by atoms with Gasteiger partial charge in [-0.15, -0.1) is 0 Å². The van der Waals surface area contributed by atoms with E-state index in [0.29, 0.717) is 6.42 Å². The van der Waals surface area contributed by atoms with Crippen LogP contribution in [0.3, 0.4) is 0 Å². The van der Waals surface area contributed by atoms with Crippen LogP contribution in [0.2, 0.25) is 0 Å². The molecule has 1 aliphatic heterocycles. The van der Waals surface area contributed by atoms with Crippen molar-refractivity contribution in [2.24, 2.45) is 0 Å². The highest BCUT2D eigenvalue weighted by Gasteiger charge is 2.40. The van der Waals surface area contributed by atoms with Crippen molar-refractivity contribution in [3.05, 3.63) is 11.3 Å². The van der Waals surface area contributed by atoms with Gasteiger partial charge in [-0.25, -0.2) is 9.59 Å². The Labute approximate surface area is 164 Å². The highest BCUT2D eigenvalue weighted by Crippen LogP contribution is 2.25. The maximum absolute atomic E-state index is 11.9. The van der Waals surface area contributed by atoms with Crippen molar-refractivity contribution >= 4 is 11.9 Å². The second-order valence-corrected chi connectivity index (χ2v) is 7.99. The minimum Gasteiger partial charge on any atom is -0.511 e. The van der Waals surface area contributed by atoms with E-state index < -0.39 is 17.7 Å². The predicted octanol–water partition coefficient (Wildman–Crippen LogP) is 6.12. The van der Waals surface area contributed by atoms with Gasteiger partial charge in [-0.2, -0.15) is 0 Å². The maximum Gasteiger partial charge on any atom is 0.352 e. The highest BCUT2D eigenvalue weighted by atomic mass is 16.7. The van der Waals surface area contributed by atoms with Crippen LogP contribution < -0.4 is 0 Å². The van der Waals surface area contributed by atoms with Gasteiger partial charge in [0, 0.05) is 20.3 Å². The Morgan fingerprint density at radius 2 is 1.11 bits per heavy atom. The Hall–Kier alpha value is -1.52. The summed E-state index contributed by atoms with van der Waals surface area (Å²) in [6.45, 7) is 5.23. The van der Waals surface area contributed by atoms with Gasteiger partial charge >= 0.3 is 11.9 Å². The summed E-state index contributed by atoms with van der Waals surface area (Å²) in [6.07, 6.45) is 16.4. The summed E-state index contributed by atoms with van der Waals surface area (Å²) in [5.41, 5.74) is -0.353. The van der Waals surface area contributed by atoms with Crippen LogP contribution in [0.5, 0.6) is 0 Å². The first-order chi connectivity index (χ1) is 12.9. The van der Waals surface area contributed by atoms with Crippen molar-refractivity contribution in [2.75, 3.05) is 0 Å². The summed E-state index contributed by atoms with van der Waals surface area (Å²) in [7, 11) is 0. The molecular weight excluding hydrogens is 344 g/mol. The van der Waals surface area contributed by atoms with Crippen LogP contribution in [0.15, 0.2) is 11.3 Å². The number of ether oxygens (including phenoxy) is 2. The van der Waals surface area contributed by atoms with Gasteiger partial charge in [0.25, 0.3) is 5.79 Å². The Bertz CT molecular complexity index is 471. The average Bonchev–Trinajstić information content (AvgIpc) is 2.57. The minimum absolute atomic E-state index is 0.219. The second kappa shape index (κ2) is 12.8. The predicted molar refractivity (Wildman–Crippen MR) is 106 cm³/mol. The smallest absolute Gasteiger partial charge is 0.352 e. The normalized spacial score (nSPS) is 16.2. The quantitative estimate of drug-likeness (QED) is 0.129. The molecule has 27 heavy (non-hydrogen) atoms. The molecule has 1 heterocycles. The number of carbonyl (C=O) groups excluding carboxylic acids is 2. The van der Waals surface area contributed by atoms with Crippen molar-refractivity contribution < 1.29 is 24.2 Å². The molecule has 0 unspecified atom stereocenters. The van der Waals surface area contributed by atoms with Crippen LogP contribution in [0.25, 0.3) is 0 Å². The van der Waals surface area contributed by atoms with Gasteiger partial charge < -0.3 is 14.6 Å². The van der Waals surface area contributed by atoms with Crippen molar-refractivity contribution in [3.8, 4) is 0 Å². The molecule has 0 atom stereocenters. The average molecular weight is 383 g/mol. The fourth-order valence-electron chi connectivity index (χ4n) is 3.32. The number of unbranched alkanes of at least 4 members (excludes halogenated alkanes) is 12. The zero-order chi connectivity index (χ0) is 20.1. The third-order valence-electron chi connectivity index (χ3n) is 4.89. The number of allylic oxidation sites excluding steroid dienone is 1. The van der Waals surface area contributed by atoms with Gasteiger partial charge in [0.2, 0.25) is 0 Å². The number of esters is 2. The van der Waals surface area contributed by atoms with E-state index in [2.05, 4.69) is 6.92 Å². The number of carbonyl (C=O) groups is 2. The van der Waals surface area contributed by atoms with E-state index in [1.165, 1.54) is 78.1 Å². The molecule has 0 spiro atoms. The van der Waals surface area contributed by atoms with Crippen LogP contribution >= 0.6 is 0 Å². The van der Waals surface area contributed by atoms with E-state index in [1.807, 2.05) is 0 Å². The van der Waals surface area contributed by atoms with E-state index in [-0.39, 0.29) is 11.3 Å². The number of hydrogen-bond donors (Lipinski definition) is 1. The van der Waals surface area contributed by atoms with Crippen LogP contribution in [0.4, 0.5) is 0 Å². The molecule has 0 aliphatic carbocycles. The van der Waals surface area contributed by atoms with Gasteiger partial charge in [0.05, 0.1) is 0 Å². The Kier molecular flexibility index (Phi) is 11.1. The summed E-state index contributed by atoms with van der Waals surface area (Å²) < 4.78 is 9.99. The number of cyclic esters (lactones) is 2. The van der Waals surface area contributed by atoms with Crippen LogP contribution in [-0.2, 0) is 19.1 Å². The molecule has 0 amide bonds. The summed E-state index contributed by atoms with van der Waals surface area (Å²) >= 11 is 0. The standard InChI is InChI=1S/C22H38O5/c1-4-5-6-7-8-9-10-11-12-13-14-15-16-17-18(23)19-20(24)26-22(2,3)27-21(19)25/h23H,4-17H2,1-3H3. The fourth-order valence-corrected chi connectivity index (χ4v) is 3.32. The lowest BCUT2D eigenvalue weighted by Crippen LogP contribution is -2.42. The van der Waals surface area contributed by atoms with E-state index in [0.717, 1.165) is 19.3 Å². The van der Waals surface area contributed by atoms with Crippen LogP contribution in [-0.4, -0.2) is 22.8 Å². The van der Waals surface area contributed by atoms with E-state index in [1.54, 1.807) is 0 Å². The largest absolute Gasteiger partial charge is 0.511 e. The third kappa shape index (κ3) is 9.83. The van der Waals surface area contributed by atoms with Crippen LogP contribution in [0, 0.1) is 0 Å². The zero-order valence-electron chi connectivity index (χ0n) is 17.5. The molecule has 0 aromatic rings. The lowest BCUT2D eigenvalue weighted by atomic mass is 10.0. The zero-order valence-corrected chi connectivity index (χ0v) is 17.5. The van der Waals surface area contributed by atoms with E-state index in [9.17, 15) is 14.7 Å². The maximum atomic E-state index is 11.9. The first-order valence-corrected chi connectivity index (χ1v) is 10.8. The molecule has 5 nitrogen and oxygen atoms in total. The lowest BCUT2D eigenvalue weighted by Gasteiger charge is -2.30. The molecule has 5 heteroatoms. The van der Waals surface area contributed by atoms with Gasteiger partial charge in [-0.3, -0.25) is 0 Å². The Balaban J connectivity index is 2.06. The summed E-state index contributed by atoms with van der Waals surface area (Å²) in [5, 5.41) is 10.0. The number of aliphatic hydroxyl groups is 1. The summed E-state index contributed by atoms with van der Waals surface area (Å²) in [4.78, 5) is 23.7. The van der Waals surface area contributed by atoms with Crippen LogP contribution in [0.1, 0.15) is 111 Å². The molecule has 0 aromatic carbocycles. The van der Waals surface area contributed by atoms with Crippen molar-refractivity contribution in [2.45, 2.75) is 116 Å². The number of hydrogen-bond acceptors (Lipinski definition) is 5. The summed E-state index contributed by atoms with van der Waals surface area (Å²) in [5.74, 6) is -3.09. The fraction of sp³-hybridized carbons (Fsp3) is 0.818. The molecule has 1 fully saturated rings.